The van der Waals surface area contributed by atoms with Crippen molar-refractivity contribution in [3.63, 3.8) is 0 Å². The SMILES string of the molecule is Cc1nc(C)n(-c2ccc(Nc3nccc(-c4noc(C)c4-c4cn[nH]c4C)n3)cc2)n1. The van der Waals surface area contributed by atoms with E-state index in [-0.39, 0.29) is 0 Å². The van der Waals surface area contributed by atoms with Gasteiger partial charge in [0.25, 0.3) is 0 Å². The highest BCUT2D eigenvalue weighted by Crippen LogP contribution is 2.34. The number of aromatic nitrogens is 8. The Hall–Kier alpha value is -4.34. The smallest absolute Gasteiger partial charge is 0.227 e. The molecule has 0 fully saturated rings. The molecule has 4 aromatic heterocycles. The van der Waals surface area contributed by atoms with Gasteiger partial charge in [0, 0.05) is 23.1 Å². The molecular weight excluding hydrogens is 406 g/mol. The highest BCUT2D eigenvalue weighted by Gasteiger charge is 2.20. The molecule has 0 aliphatic carbocycles. The maximum atomic E-state index is 5.47. The number of rotatable bonds is 5. The summed E-state index contributed by atoms with van der Waals surface area (Å²) in [5.74, 6) is 2.74. The van der Waals surface area contributed by atoms with Crippen molar-refractivity contribution < 1.29 is 4.52 Å². The first kappa shape index (κ1) is 19.6. The van der Waals surface area contributed by atoms with Gasteiger partial charge in [0.05, 0.1) is 23.1 Å². The Balaban J connectivity index is 1.43. The van der Waals surface area contributed by atoms with Gasteiger partial charge in [-0.2, -0.15) is 10.2 Å². The van der Waals surface area contributed by atoms with Gasteiger partial charge in [-0.1, -0.05) is 5.16 Å². The summed E-state index contributed by atoms with van der Waals surface area (Å²) in [6.45, 7) is 7.63. The summed E-state index contributed by atoms with van der Waals surface area (Å²) < 4.78 is 7.28. The molecule has 0 aliphatic heterocycles. The Morgan fingerprint density at radius 2 is 1.81 bits per heavy atom. The molecular formula is C22H21N9O. The van der Waals surface area contributed by atoms with E-state index in [1.165, 1.54) is 0 Å². The van der Waals surface area contributed by atoms with Crippen molar-refractivity contribution in [2.45, 2.75) is 27.7 Å². The number of H-pyrrole nitrogens is 1. The topological polar surface area (TPSA) is 123 Å². The molecule has 0 saturated carbocycles. The van der Waals surface area contributed by atoms with Gasteiger partial charge in [-0.15, -0.1) is 0 Å². The van der Waals surface area contributed by atoms with Crippen LogP contribution in [0.4, 0.5) is 11.6 Å². The van der Waals surface area contributed by atoms with Crippen LogP contribution in [0.2, 0.25) is 0 Å². The largest absolute Gasteiger partial charge is 0.360 e. The lowest BCUT2D eigenvalue weighted by Gasteiger charge is -2.08. The normalized spacial score (nSPS) is 11.1. The molecule has 0 unspecified atom stereocenters. The molecule has 1 aromatic carbocycles. The molecule has 0 aliphatic rings. The summed E-state index contributed by atoms with van der Waals surface area (Å²) in [5.41, 5.74) is 5.81. The van der Waals surface area contributed by atoms with Crippen molar-refractivity contribution in [2.24, 2.45) is 0 Å². The predicted octanol–water partition coefficient (Wildman–Crippen LogP) is 4.08. The van der Waals surface area contributed by atoms with Gasteiger partial charge in [-0.05, 0) is 58.0 Å². The van der Waals surface area contributed by atoms with Crippen molar-refractivity contribution in [1.82, 2.24) is 40.1 Å². The van der Waals surface area contributed by atoms with Crippen LogP contribution < -0.4 is 5.32 Å². The molecule has 0 atom stereocenters. The number of benzene rings is 1. The zero-order chi connectivity index (χ0) is 22.2. The number of hydrogen-bond donors (Lipinski definition) is 2. The second kappa shape index (κ2) is 7.73. The van der Waals surface area contributed by atoms with Crippen LogP contribution in [0.5, 0.6) is 0 Å². The number of nitrogens with one attached hydrogen (secondary N) is 2. The van der Waals surface area contributed by atoms with Crippen LogP contribution in [0.25, 0.3) is 28.2 Å². The van der Waals surface area contributed by atoms with Crippen LogP contribution in [0.3, 0.4) is 0 Å². The molecule has 4 heterocycles. The highest BCUT2D eigenvalue weighted by molar-refractivity contribution is 5.81. The number of nitrogens with zero attached hydrogens (tertiary/aromatic N) is 7. The average Bonchev–Trinajstić information content (AvgIpc) is 3.46. The van der Waals surface area contributed by atoms with E-state index in [9.17, 15) is 0 Å². The van der Waals surface area contributed by atoms with Crippen molar-refractivity contribution in [3.05, 3.63) is 65.8 Å². The number of aromatic amines is 1. The lowest BCUT2D eigenvalue weighted by atomic mass is 10.0. The first-order valence-corrected chi connectivity index (χ1v) is 10.1. The second-order valence-electron chi connectivity index (χ2n) is 7.43. The van der Waals surface area contributed by atoms with E-state index in [0.717, 1.165) is 39.8 Å². The molecule has 5 rings (SSSR count). The fraction of sp³-hybridized carbons (Fsp3) is 0.182. The Bertz CT molecular complexity index is 1400. The minimum Gasteiger partial charge on any atom is -0.360 e. The van der Waals surface area contributed by atoms with Gasteiger partial charge in [0.1, 0.15) is 23.1 Å². The van der Waals surface area contributed by atoms with Gasteiger partial charge in [-0.3, -0.25) is 5.10 Å². The molecule has 160 valence electrons. The number of anilines is 2. The summed E-state index contributed by atoms with van der Waals surface area (Å²) in [6, 6.07) is 9.63. The Morgan fingerprint density at radius 3 is 2.50 bits per heavy atom. The van der Waals surface area contributed by atoms with Crippen molar-refractivity contribution in [1.29, 1.82) is 0 Å². The molecule has 2 N–H and O–H groups in total. The van der Waals surface area contributed by atoms with Gasteiger partial charge in [0.15, 0.2) is 0 Å². The number of aryl methyl sites for hydroxylation is 4. The minimum atomic E-state index is 0.457. The van der Waals surface area contributed by atoms with Crippen LogP contribution in [0, 0.1) is 27.7 Å². The highest BCUT2D eigenvalue weighted by atomic mass is 16.5. The van der Waals surface area contributed by atoms with E-state index in [4.69, 9.17) is 4.52 Å². The zero-order valence-electron chi connectivity index (χ0n) is 18.1. The third-order valence-electron chi connectivity index (χ3n) is 5.10. The molecule has 0 bridgehead atoms. The maximum absolute atomic E-state index is 5.47. The Labute approximate surface area is 183 Å². The van der Waals surface area contributed by atoms with E-state index in [0.29, 0.717) is 23.1 Å². The van der Waals surface area contributed by atoms with Gasteiger partial charge in [-0.25, -0.2) is 19.6 Å². The third-order valence-corrected chi connectivity index (χ3v) is 5.10. The van der Waals surface area contributed by atoms with Crippen LogP contribution in [-0.4, -0.2) is 40.1 Å². The fourth-order valence-electron chi connectivity index (χ4n) is 3.60. The molecule has 10 heteroatoms. The van der Waals surface area contributed by atoms with Gasteiger partial charge >= 0.3 is 0 Å². The van der Waals surface area contributed by atoms with Crippen LogP contribution in [-0.2, 0) is 0 Å². The van der Waals surface area contributed by atoms with E-state index in [1.54, 1.807) is 18.5 Å². The first-order chi connectivity index (χ1) is 15.5. The molecule has 0 saturated heterocycles. The lowest BCUT2D eigenvalue weighted by molar-refractivity contribution is 0.400. The summed E-state index contributed by atoms with van der Waals surface area (Å²) in [6.07, 6.45) is 3.45. The lowest BCUT2D eigenvalue weighted by Crippen LogP contribution is -2.01. The van der Waals surface area contributed by atoms with Gasteiger partial charge < -0.3 is 9.84 Å². The fourth-order valence-corrected chi connectivity index (χ4v) is 3.60. The Morgan fingerprint density at radius 1 is 1.00 bits per heavy atom. The van der Waals surface area contributed by atoms with Crippen molar-refractivity contribution in [3.8, 4) is 28.2 Å². The van der Waals surface area contributed by atoms with E-state index in [1.807, 2.05) is 56.6 Å². The third kappa shape index (κ3) is 3.51. The van der Waals surface area contributed by atoms with Crippen molar-refractivity contribution in [2.75, 3.05) is 5.32 Å². The van der Waals surface area contributed by atoms with Crippen LogP contribution in [0.1, 0.15) is 23.1 Å². The van der Waals surface area contributed by atoms with Gasteiger partial charge in [0.2, 0.25) is 5.95 Å². The quantitative estimate of drug-likeness (QED) is 0.430. The second-order valence-corrected chi connectivity index (χ2v) is 7.43. The van der Waals surface area contributed by atoms with E-state index < -0.39 is 0 Å². The number of hydrogen-bond acceptors (Lipinski definition) is 8. The molecule has 0 spiro atoms. The predicted molar refractivity (Wildman–Crippen MR) is 119 cm³/mol. The summed E-state index contributed by atoms with van der Waals surface area (Å²) >= 11 is 0. The zero-order valence-corrected chi connectivity index (χ0v) is 18.1. The first-order valence-electron chi connectivity index (χ1n) is 10.1. The average molecular weight is 427 g/mol. The molecule has 32 heavy (non-hydrogen) atoms. The van der Waals surface area contributed by atoms with Crippen LogP contribution >= 0.6 is 0 Å². The molecule has 0 amide bonds. The molecule has 10 nitrogen and oxygen atoms in total. The standard InChI is InChI=1S/C22H21N9O/c1-12-18(11-24-28-12)20-13(2)32-30-21(20)19-9-10-23-22(27-19)26-16-5-7-17(8-6-16)31-15(4)25-14(3)29-31/h5-11H,1-4H3,(H,24,28)(H,23,26,27). The molecule has 5 aromatic rings. The van der Waals surface area contributed by atoms with Crippen LogP contribution in [0.15, 0.2) is 47.2 Å². The summed E-state index contributed by atoms with van der Waals surface area (Å²) in [7, 11) is 0. The maximum Gasteiger partial charge on any atom is 0.227 e. The van der Waals surface area contributed by atoms with E-state index >= 15 is 0 Å². The van der Waals surface area contributed by atoms with E-state index in [2.05, 4.69) is 40.7 Å². The Kier molecular flexibility index (Phi) is 4.74. The monoisotopic (exact) mass is 427 g/mol. The molecule has 0 radical (unpaired) electrons. The minimum absolute atomic E-state index is 0.457. The summed E-state index contributed by atoms with van der Waals surface area (Å²) in [5, 5.41) is 19.0. The van der Waals surface area contributed by atoms with Crippen molar-refractivity contribution >= 4 is 11.6 Å². The summed E-state index contributed by atoms with van der Waals surface area (Å²) in [4.78, 5) is 13.3.